The predicted octanol–water partition coefficient (Wildman–Crippen LogP) is 2.45. The number of phenolic OH excluding ortho intramolecular Hbond substituents is 1. The summed E-state index contributed by atoms with van der Waals surface area (Å²) in [4.78, 5) is 17.7. The van der Waals surface area contributed by atoms with Gasteiger partial charge in [0.15, 0.2) is 0 Å². The Morgan fingerprint density at radius 3 is 2.62 bits per heavy atom. The van der Waals surface area contributed by atoms with Crippen LogP contribution in [-0.4, -0.2) is 48.6 Å². The van der Waals surface area contributed by atoms with E-state index < -0.39 is 0 Å². The van der Waals surface area contributed by atoms with Crippen LogP contribution in [0.15, 0.2) is 41.8 Å². The summed E-state index contributed by atoms with van der Waals surface area (Å²) in [5, 5.41) is 15.0. The van der Waals surface area contributed by atoms with Crippen molar-refractivity contribution in [1.29, 1.82) is 0 Å². The fourth-order valence-corrected chi connectivity index (χ4v) is 3.71. The average Bonchev–Trinajstić information content (AvgIpc) is 3.11. The van der Waals surface area contributed by atoms with Gasteiger partial charge in [-0.3, -0.25) is 9.69 Å². The van der Waals surface area contributed by atoms with Crippen LogP contribution < -0.4 is 10.2 Å². The van der Waals surface area contributed by atoms with Gasteiger partial charge in [0.05, 0.1) is 18.3 Å². The van der Waals surface area contributed by atoms with Crippen molar-refractivity contribution in [2.45, 2.75) is 13.0 Å². The van der Waals surface area contributed by atoms with Crippen LogP contribution in [0.5, 0.6) is 5.75 Å². The summed E-state index contributed by atoms with van der Waals surface area (Å²) < 4.78 is 0. The largest absolute Gasteiger partial charge is 0.506 e. The molecule has 0 aliphatic carbocycles. The molecule has 3 rings (SSSR count). The van der Waals surface area contributed by atoms with E-state index in [-0.39, 0.29) is 11.9 Å². The van der Waals surface area contributed by atoms with Crippen LogP contribution in [0.2, 0.25) is 0 Å². The molecule has 1 atom stereocenters. The molecule has 1 aliphatic rings. The number of thiophene rings is 1. The number of nitrogens with zero attached hydrogens (tertiary/aromatic N) is 2. The third-order valence-electron chi connectivity index (χ3n) is 4.31. The summed E-state index contributed by atoms with van der Waals surface area (Å²) in [5.41, 5.74) is 0.868. The van der Waals surface area contributed by atoms with Gasteiger partial charge in [0, 0.05) is 31.1 Å². The van der Waals surface area contributed by atoms with E-state index >= 15 is 0 Å². The number of piperazine rings is 1. The molecule has 0 saturated carbocycles. The standard InChI is InChI=1S/C18H23N3O2S/c1-14(17-7-4-12-24-17)19-18(23)13-20-8-10-21(11-9-20)15-5-2-3-6-16(15)22/h2-7,12,14,22H,8-11,13H2,1H3,(H,19,23)/t14-/m0/s1. The van der Waals surface area contributed by atoms with E-state index in [1.165, 1.54) is 4.88 Å². The van der Waals surface area contributed by atoms with Crippen molar-refractivity contribution >= 4 is 22.9 Å². The lowest BCUT2D eigenvalue weighted by Crippen LogP contribution is -2.49. The summed E-state index contributed by atoms with van der Waals surface area (Å²) in [5.74, 6) is 0.375. The number of hydrogen-bond acceptors (Lipinski definition) is 5. The molecule has 1 amide bonds. The normalized spacial score (nSPS) is 16.8. The number of phenols is 1. The molecule has 0 radical (unpaired) electrons. The van der Waals surface area contributed by atoms with Crippen molar-refractivity contribution in [3.8, 4) is 5.75 Å². The van der Waals surface area contributed by atoms with Crippen molar-refractivity contribution in [3.05, 3.63) is 46.7 Å². The van der Waals surface area contributed by atoms with Gasteiger partial charge in [0.2, 0.25) is 5.91 Å². The average molecular weight is 345 g/mol. The molecule has 0 bridgehead atoms. The monoisotopic (exact) mass is 345 g/mol. The maximum absolute atomic E-state index is 12.2. The van der Waals surface area contributed by atoms with Crippen molar-refractivity contribution < 1.29 is 9.90 Å². The molecule has 2 aromatic rings. The fourth-order valence-electron chi connectivity index (χ4n) is 2.98. The number of hydrogen-bond donors (Lipinski definition) is 2. The summed E-state index contributed by atoms with van der Waals surface area (Å²) in [6.45, 7) is 5.69. The van der Waals surface area contributed by atoms with Gasteiger partial charge in [-0.1, -0.05) is 18.2 Å². The van der Waals surface area contributed by atoms with Crippen LogP contribution >= 0.6 is 11.3 Å². The first-order valence-corrected chi connectivity index (χ1v) is 9.09. The van der Waals surface area contributed by atoms with E-state index in [0.717, 1.165) is 31.9 Å². The van der Waals surface area contributed by atoms with E-state index in [9.17, 15) is 9.90 Å². The van der Waals surface area contributed by atoms with E-state index in [2.05, 4.69) is 15.1 Å². The Morgan fingerprint density at radius 1 is 1.21 bits per heavy atom. The molecule has 128 valence electrons. The van der Waals surface area contributed by atoms with E-state index in [4.69, 9.17) is 0 Å². The van der Waals surface area contributed by atoms with Crippen LogP contribution in [-0.2, 0) is 4.79 Å². The molecule has 5 nitrogen and oxygen atoms in total. The highest BCUT2D eigenvalue weighted by Gasteiger charge is 2.21. The highest BCUT2D eigenvalue weighted by molar-refractivity contribution is 7.10. The maximum atomic E-state index is 12.2. The fraction of sp³-hybridized carbons (Fsp3) is 0.389. The predicted molar refractivity (Wildman–Crippen MR) is 97.6 cm³/mol. The van der Waals surface area contributed by atoms with E-state index in [0.29, 0.717) is 12.3 Å². The zero-order valence-electron chi connectivity index (χ0n) is 13.8. The second-order valence-electron chi connectivity index (χ2n) is 6.06. The van der Waals surface area contributed by atoms with Gasteiger partial charge >= 0.3 is 0 Å². The van der Waals surface area contributed by atoms with Crippen LogP contribution in [0.4, 0.5) is 5.69 Å². The van der Waals surface area contributed by atoms with Crippen LogP contribution in [0.1, 0.15) is 17.8 Å². The van der Waals surface area contributed by atoms with Crippen molar-refractivity contribution in [1.82, 2.24) is 10.2 Å². The second kappa shape index (κ2) is 7.68. The number of amides is 1. The number of para-hydroxylation sites is 2. The van der Waals surface area contributed by atoms with Crippen molar-refractivity contribution in [3.63, 3.8) is 0 Å². The zero-order valence-corrected chi connectivity index (χ0v) is 14.6. The van der Waals surface area contributed by atoms with Gasteiger partial charge in [-0.25, -0.2) is 0 Å². The molecule has 2 N–H and O–H groups in total. The molecule has 1 fully saturated rings. The van der Waals surface area contributed by atoms with Crippen LogP contribution in [0.3, 0.4) is 0 Å². The number of benzene rings is 1. The van der Waals surface area contributed by atoms with Gasteiger partial charge in [-0.2, -0.15) is 0 Å². The molecule has 1 aromatic heterocycles. The molecule has 2 heterocycles. The first-order chi connectivity index (χ1) is 11.6. The lowest BCUT2D eigenvalue weighted by molar-refractivity contribution is -0.122. The van der Waals surface area contributed by atoms with Gasteiger partial charge in [-0.15, -0.1) is 11.3 Å². The van der Waals surface area contributed by atoms with Crippen LogP contribution in [0.25, 0.3) is 0 Å². The zero-order chi connectivity index (χ0) is 16.9. The first kappa shape index (κ1) is 16.8. The minimum atomic E-state index is 0.0556. The van der Waals surface area contributed by atoms with Gasteiger partial charge < -0.3 is 15.3 Å². The van der Waals surface area contributed by atoms with E-state index in [1.807, 2.05) is 42.6 Å². The highest BCUT2D eigenvalue weighted by atomic mass is 32.1. The molecular formula is C18H23N3O2S. The quantitative estimate of drug-likeness (QED) is 0.874. The summed E-state index contributed by atoms with van der Waals surface area (Å²) >= 11 is 1.66. The van der Waals surface area contributed by atoms with E-state index in [1.54, 1.807) is 17.4 Å². The SMILES string of the molecule is C[C@H](NC(=O)CN1CCN(c2ccccc2O)CC1)c1cccs1. The molecule has 1 aliphatic heterocycles. The first-order valence-electron chi connectivity index (χ1n) is 8.21. The van der Waals surface area contributed by atoms with Gasteiger partial charge in [0.1, 0.15) is 5.75 Å². The van der Waals surface area contributed by atoms with Gasteiger partial charge in [-0.05, 0) is 30.5 Å². The van der Waals surface area contributed by atoms with Crippen molar-refractivity contribution in [2.75, 3.05) is 37.6 Å². The van der Waals surface area contributed by atoms with Gasteiger partial charge in [0.25, 0.3) is 0 Å². The Hall–Kier alpha value is -2.05. The number of carbonyl (C=O) groups excluding carboxylic acids is 1. The number of carbonyl (C=O) groups is 1. The Balaban J connectivity index is 1.47. The van der Waals surface area contributed by atoms with Crippen molar-refractivity contribution in [2.24, 2.45) is 0 Å². The summed E-state index contributed by atoms with van der Waals surface area (Å²) in [6.07, 6.45) is 0. The topological polar surface area (TPSA) is 55.8 Å². The smallest absolute Gasteiger partial charge is 0.234 e. The number of nitrogens with one attached hydrogen (secondary N) is 1. The number of anilines is 1. The summed E-state index contributed by atoms with van der Waals surface area (Å²) in [6, 6.07) is 11.5. The second-order valence-corrected chi connectivity index (χ2v) is 7.04. The highest BCUT2D eigenvalue weighted by Crippen LogP contribution is 2.27. The number of rotatable bonds is 5. The molecule has 1 saturated heterocycles. The Morgan fingerprint density at radius 2 is 1.96 bits per heavy atom. The Kier molecular flexibility index (Phi) is 5.37. The Labute approximate surface area is 146 Å². The molecule has 1 aromatic carbocycles. The Bertz CT molecular complexity index is 667. The van der Waals surface area contributed by atoms with Crippen LogP contribution in [0, 0.1) is 0 Å². The minimum absolute atomic E-state index is 0.0556. The molecule has 24 heavy (non-hydrogen) atoms. The third kappa shape index (κ3) is 4.07. The molecule has 0 spiro atoms. The number of aromatic hydroxyl groups is 1. The third-order valence-corrected chi connectivity index (χ3v) is 5.36. The molecule has 6 heteroatoms. The summed E-state index contributed by atoms with van der Waals surface area (Å²) in [7, 11) is 0. The maximum Gasteiger partial charge on any atom is 0.234 e. The lowest BCUT2D eigenvalue weighted by Gasteiger charge is -2.36. The molecule has 0 unspecified atom stereocenters. The minimum Gasteiger partial charge on any atom is -0.506 e. The lowest BCUT2D eigenvalue weighted by atomic mass is 10.2. The molecular weight excluding hydrogens is 322 g/mol.